The van der Waals surface area contributed by atoms with Gasteiger partial charge in [0.25, 0.3) is 5.56 Å². The number of aromatic nitrogens is 2. The molecule has 1 aliphatic heterocycles. The minimum absolute atomic E-state index is 0.253. The standard InChI is InChI=1S/C14H23N2O9P/c1-7(2)23-11-10(8(3)25-26(19,20)21)24-13(12(11)22-4)16-6-5-9(17)15-14(16)18/h5-8,10-13H,1-4H3,(H,15,17,18)(H2,19,20,21). The Balaban J connectivity index is 2.40. The van der Waals surface area contributed by atoms with Gasteiger partial charge in [-0.3, -0.25) is 18.9 Å². The van der Waals surface area contributed by atoms with Crippen molar-refractivity contribution >= 4 is 7.82 Å². The lowest BCUT2D eigenvalue weighted by atomic mass is 10.1. The Labute approximate surface area is 149 Å². The Hall–Kier alpha value is -1.33. The third kappa shape index (κ3) is 4.89. The van der Waals surface area contributed by atoms with Crippen molar-refractivity contribution in [1.29, 1.82) is 0 Å². The van der Waals surface area contributed by atoms with Gasteiger partial charge >= 0.3 is 13.5 Å². The van der Waals surface area contributed by atoms with Gasteiger partial charge in [-0.15, -0.1) is 0 Å². The molecule has 1 aromatic rings. The van der Waals surface area contributed by atoms with E-state index in [-0.39, 0.29) is 6.10 Å². The van der Waals surface area contributed by atoms with Crippen LogP contribution >= 0.6 is 7.82 Å². The zero-order chi connectivity index (χ0) is 19.6. The van der Waals surface area contributed by atoms with Gasteiger partial charge in [0.15, 0.2) is 6.23 Å². The fourth-order valence-corrected chi connectivity index (χ4v) is 3.44. The summed E-state index contributed by atoms with van der Waals surface area (Å²) < 4.78 is 34.1. The fraction of sp³-hybridized carbons (Fsp3) is 0.714. The van der Waals surface area contributed by atoms with Crippen LogP contribution in [0.2, 0.25) is 0 Å². The van der Waals surface area contributed by atoms with Crippen molar-refractivity contribution in [3.8, 4) is 0 Å². The highest BCUT2D eigenvalue weighted by molar-refractivity contribution is 7.46. The van der Waals surface area contributed by atoms with E-state index in [0.29, 0.717) is 0 Å². The van der Waals surface area contributed by atoms with E-state index in [0.717, 1.165) is 10.6 Å². The first-order valence-electron chi connectivity index (χ1n) is 7.92. The van der Waals surface area contributed by atoms with E-state index in [9.17, 15) is 14.2 Å². The molecule has 1 aliphatic rings. The second-order valence-electron chi connectivity index (χ2n) is 6.16. The molecule has 2 heterocycles. The van der Waals surface area contributed by atoms with Gasteiger partial charge in [-0.1, -0.05) is 0 Å². The van der Waals surface area contributed by atoms with Crippen molar-refractivity contribution < 1.29 is 33.1 Å². The van der Waals surface area contributed by atoms with Gasteiger partial charge in [-0.2, -0.15) is 0 Å². The maximum Gasteiger partial charge on any atom is 0.469 e. The Kier molecular flexibility index (Phi) is 6.56. The van der Waals surface area contributed by atoms with Crippen LogP contribution in [0.5, 0.6) is 0 Å². The second kappa shape index (κ2) is 8.13. The number of phosphoric acid groups is 1. The first-order chi connectivity index (χ1) is 12.0. The molecule has 0 radical (unpaired) electrons. The van der Waals surface area contributed by atoms with Gasteiger partial charge in [0, 0.05) is 19.4 Å². The van der Waals surface area contributed by atoms with Crippen molar-refractivity contribution in [3.63, 3.8) is 0 Å². The average molecular weight is 394 g/mol. The maximum atomic E-state index is 12.1. The molecule has 1 aromatic heterocycles. The number of nitrogens with one attached hydrogen (secondary N) is 1. The number of aromatic amines is 1. The summed E-state index contributed by atoms with van der Waals surface area (Å²) in [5.41, 5.74) is -1.28. The second-order valence-corrected chi connectivity index (χ2v) is 7.35. The van der Waals surface area contributed by atoms with Crippen LogP contribution in [-0.4, -0.2) is 57.0 Å². The van der Waals surface area contributed by atoms with E-state index in [1.54, 1.807) is 13.8 Å². The van der Waals surface area contributed by atoms with Crippen LogP contribution in [0.25, 0.3) is 0 Å². The Morgan fingerprint density at radius 2 is 1.92 bits per heavy atom. The van der Waals surface area contributed by atoms with Gasteiger partial charge < -0.3 is 24.0 Å². The lowest BCUT2D eigenvalue weighted by Gasteiger charge is -2.28. The van der Waals surface area contributed by atoms with Gasteiger partial charge in [0.1, 0.15) is 18.3 Å². The minimum atomic E-state index is -4.76. The summed E-state index contributed by atoms with van der Waals surface area (Å²) in [6.07, 6.45) is -3.53. The van der Waals surface area contributed by atoms with Crippen LogP contribution in [0.15, 0.2) is 21.9 Å². The molecule has 12 heteroatoms. The Morgan fingerprint density at radius 3 is 2.42 bits per heavy atom. The molecule has 0 spiro atoms. The molecule has 0 aromatic carbocycles. The van der Waals surface area contributed by atoms with Gasteiger partial charge in [-0.25, -0.2) is 9.36 Å². The lowest BCUT2D eigenvalue weighted by molar-refractivity contribution is -0.101. The molecule has 1 saturated heterocycles. The molecular formula is C14H23N2O9P. The summed E-state index contributed by atoms with van der Waals surface area (Å²) in [5.74, 6) is 0. The van der Waals surface area contributed by atoms with E-state index in [1.165, 1.54) is 20.2 Å². The molecule has 3 N–H and O–H groups in total. The smallest absolute Gasteiger partial charge is 0.374 e. The highest BCUT2D eigenvalue weighted by Crippen LogP contribution is 2.42. The molecule has 0 saturated carbocycles. The summed E-state index contributed by atoms with van der Waals surface area (Å²) in [6, 6.07) is 1.15. The first-order valence-corrected chi connectivity index (χ1v) is 9.45. The summed E-state index contributed by atoms with van der Waals surface area (Å²) in [7, 11) is -3.37. The highest BCUT2D eigenvalue weighted by Gasteiger charge is 2.50. The predicted octanol–water partition coefficient (Wildman–Crippen LogP) is -0.260. The SMILES string of the molecule is COC1C(OC(C)C)C(C(C)OP(=O)(O)O)OC1n1ccc(=O)[nH]c1=O. The average Bonchev–Trinajstić information content (AvgIpc) is 2.83. The summed E-state index contributed by atoms with van der Waals surface area (Å²) >= 11 is 0. The molecule has 0 amide bonds. The summed E-state index contributed by atoms with van der Waals surface area (Å²) in [4.78, 5) is 43.6. The maximum absolute atomic E-state index is 12.1. The number of phosphoric ester groups is 1. The van der Waals surface area contributed by atoms with E-state index in [2.05, 4.69) is 4.98 Å². The van der Waals surface area contributed by atoms with Crippen molar-refractivity contribution in [1.82, 2.24) is 9.55 Å². The molecule has 0 bridgehead atoms. The predicted molar refractivity (Wildman–Crippen MR) is 88.6 cm³/mol. The van der Waals surface area contributed by atoms with Crippen LogP contribution in [-0.2, 0) is 23.3 Å². The molecular weight excluding hydrogens is 371 g/mol. The van der Waals surface area contributed by atoms with E-state index >= 15 is 0 Å². The number of nitrogens with zero attached hydrogens (tertiary/aromatic N) is 1. The molecule has 148 valence electrons. The Bertz CT molecular complexity index is 770. The molecule has 2 rings (SSSR count). The number of hydrogen-bond acceptors (Lipinski definition) is 7. The molecule has 26 heavy (non-hydrogen) atoms. The van der Waals surface area contributed by atoms with Crippen LogP contribution in [0, 0.1) is 0 Å². The van der Waals surface area contributed by atoms with Gasteiger partial charge in [0.05, 0.1) is 12.2 Å². The molecule has 1 fully saturated rings. The van der Waals surface area contributed by atoms with E-state index in [1.807, 2.05) is 0 Å². The third-order valence-electron chi connectivity index (χ3n) is 3.82. The van der Waals surface area contributed by atoms with Crippen LogP contribution in [0.1, 0.15) is 27.0 Å². The Morgan fingerprint density at radius 1 is 1.27 bits per heavy atom. The van der Waals surface area contributed by atoms with E-state index < -0.39 is 49.7 Å². The fourth-order valence-electron chi connectivity index (χ4n) is 2.89. The van der Waals surface area contributed by atoms with Gasteiger partial charge in [0.2, 0.25) is 0 Å². The topological polar surface area (TPSA) is 149 Å². The van der Waals surface area contributed by atoms with Crippen molar-refractivity contribution in [2.75, 3.05) is 7.11 Å². The molecule has 5 atom stereocenters. The zero-order valence-electron chi connectivity index (χ0n) is 14.8. The monoisotopic (exact) mass is 394 g/mol. The third-order valence-corrected chi connectivity index (χ3v) is 4.43. The number of methoxy groups -OCH3 is 1. The lowest BCUT2D eigenvalue weighted by Crippen LogP contribution is -2.43. The minimum Gasteiger partial charge on any atom is -0.374 e. The highest BCUT2D eigenvalue weighted by atomic mass is 31.2. The normalized spacial score (nSPS) is 27.8. The van der Waals surface area contributed by atoms with Gasteiger partial charge in [-0.05, 0) is 20.8 Å². The van der Waals surface area contributed by atoms with Crippen molar-refractivity contribution in [2.45, 2.75) is 57.5 Å². The number of H-pyrrole nitrogens is 1. The zero-order valence-corrected chi connectivity index (χ0v) is 15.7. The molecule has 11 nitrogen and oxygen atoms in total. The first kappa shape index (κ1) is 21.0. The molecule has 5 unspecified atom stereocenters. The summed E-state index contributed by atoms with van der Waals surface area (Å²) in [6.45, 7) is 4.97. The number of ether oxygens (including phenoxy) is 3. The van der Waals surface area contributed by atoms with Crippen molar-refractivity contribution in [2.24, 2.45) is 0 Å². The van der Waals surface area contributed by atoms with Crippen LogP contribution in [0.3, 0.4) is 0 Å². The van der Waals surface area contributed by atoms with Crippen LogP contribution < -0.4 is 11.2 Å². The number of hydrogen-bond donors (Lipinski definition) is 3. The largest absolute Gasteiger partial charge is 0.469 e. The molecule has 0 aliphatic carbocycles. The van der Waals surface area contributed by atoms with Crippen molar-refractivity contribution in [3.05, 3.63) is 33.1 Å². The summed E-state index contributed by atoms with van der Waals surface area (Å²) in [5, 5.41) is 0. The quantitative estimate of drug-likeness (QED) is 0.532. The van der Waals surface area contributed by atoms with E-state index in [4.69, 9.17) is 28.5 Å². The number of rotatable bonds is 7. The van der Waals surface area contributed by atoms with Crippen LogP contribution in [0.4, 0.5) is 0 Å².